The van der Waals surface area contributed by atoms with E-state index >= 15 is 0 Å². The zero-order chi connectivity index (χ0) is 10.6. The molecule has 0 spiro atoms. The topological polar surface area (TPSA) is 61.1 Å². The molecule has 1 aromatic rings. The molecule has 3 nitrogen and oxygen atoms in total. The fourth-order valence-corrected chi connectivity index (χ4v) is 1.13. The van der Waals surface area contributed by atoms with Crippen LogP contribution < -0.4 is 0 Å². The molecule has 1 aromatic carbocycles. The average molecular weight is 187 g/mol. The van der Waals surface area contributed by atoms with Crippen LogP contribution in [-0.4, -0.2) is 11.1 Å². The summed E-state index contributed by atoms with van der Waals surface area (Å²) in [6.45, 7) is 1.82. The molecule has 0 fully saturated rings. The van der Waals surface area contributed by atoms with Crippen molar-refractivity contribution in [3.8, 4) is 6.07 Å². The van der Waals surface area contributed by atoms with Gasteiger partial charge in [-0.1, -0.05) is 17.7 Å². The van der Waals surface area contributed by atoms with Crippen molar-refractivity contribution >= 4 is 12.0 Å². The third-order valence-corrected chi connectivity index (χ3v) is 1.78. The Hall–Kier alpha value is -2.08. The van der Waals surface area contributed by atoms with Gasteiger partial charge in [-0.25, -0.2) is 4.79 Å². The van der Waals surface area contributed by atoms with Crippen LogP contribution in [0, 0.1) is 18.3 Å². The van der Waals surface area contributed by atoms with Crippen molar-refractivity contribution < 1.29 is 9.90 Å². The quantitative estimate of drug-likeness (QED) is 0.722. The number of carboxylic acid groups (broad SMARTS) is 1. The predicted octanol–water partition coefficient (Wildman–Crippen LogP) is 2.23. The van der Waals surface area contributed by atoms with Crippen LogP contribution in [0.3, 0.4) is 0 Å². The Morgan fingerprint density at radius 3 is 2.86 bits per heavy atom. The van der Waals surface area contributed by atoms with Gasteiger partial charge < -0.3 is 5.11 Å². The van der Waals surface area contributed by atoms with Crippen LogP contribution >= 0.6 is 0 Å². The lowest BCUT2D eigenvalue weighted by Gasteiger charge is -2.01. The molecule has 0 aliphatic heterocycles. The second-order valence-electron chi connectivity index (χ2n) is 2.86. The van der Waals surface area contributed by atoms with Crippen molar-refractivity contribution in [3.63, 3.8) is 0 Å². The number of aromatic carboxylic acids is 1. The number of nitriles is 1. The summed E-state index contributed by atoms with van der Waals surface area (Å²) in [5.74, 6) is -0.980. The van der Waals surface area contributed by atoms with Gasteiger partial charge in [-0.05, 0) is 24.6 Å². The van der Waals surface area contributed by atoms with Crippen molar-refractivity contribution in [2.45, 2.75) is 6.92 Å². The summed E-state index contributed by atoms with van der Waals surface area (Å²) in [5.41, 5.74) is 1.65. The molecule has 0 saturated carbocycles. The van der Waals surface area contributed by atoms with E-state index in [-0.39, 0.29) is 5.56 Å². The second-order valence-corrected chi connectivity index (χ2v) is 2.86. The van der Waals surface area contributed by atoms with Gasteiger partial charge in [-0.3, -0.25) is 0 Å². The molecule has 0 radical (unpaired) electrons. The first kappa shape index (κ1) is 10.0. The van der Waals surface area contributed by atoms with E-state index < -0.39 is 5.97 Å². The molecule has 0 heterocycles. The lowest BCUT2D eigenvalue weighted by atomic mass is 10.0. The highest BCUT2D eigenvalue weighted by molar-refractivity contribution is 5.92. The van der Waals surface area contributed by atoms with E-state index in [2.05, 4.69) is 0 Å². The standard InChI is InChI=1S/C11H9NO2/c1-8-4-5-9(3-2-6-12)10(7-8)11(13)14/h2-5,7H,1H3,(H,13,14). The van der Waals surface area contributed by atoms with Gasteiger partial charge in [0.1, 0.15) is 0 Å². The molecule has 3 heteroatoms. The summed E-state index contributed by atoms with van der Waals surface area (Å²) < 4.78 is 0. The van der Waals surface area contributed by atoms with Crippen LogP contribution in [0.1, 0.15) is 21.5 Å². The molecule has 0 atom stereocenters. The van der Waals surface area contributed by atoms with Gasteiger partial charge in [0.15, 0.2) is 0 Å². The third-order valence-electron chi connectivity index (χ3n) is 1.78. The summed E-state index contributed by atoms with van der Waals surface area (Å²) >= 11 is 0. The number of carbonyl (C=O) groups is 1. The summed E-state index contributed by atoms with van der Waals surface area (Å²) in [5, 5.41) is 17.2. The molecule has 0 aromatic heterocycles. The number of benzene rings is 1. The Bertz CT molecular complexity index is 427. The highest BCUT2D eigenvalue weighted by Crippen LogP contribution is 2.13. The number of hydrogen-bond acceptors (Lipinski definition) is 2. The number of allylic oxidation sites excluding steroid dienone is 1. The third kappa shape index (κ3) is 2.20. The molecule has 0 amide bonds. The summed E-state index contributed by atoms with van der Waals surface area (Å²) in [6, 6.07) is 6.90. The normalized spacial score (nSPS) is 10.0. The molecule has 0 aliphatic carbocycles. The second kappa shape index (κ2) is 4.24. The maximum Gasteiger partial charge on any atom is 0.336 e. The van der Waals surface area contributed by atoms with Crippen LogP contribution in [0.25, 0.3) is 6.08 Å². The van der Waals surface area contributed by atoms with Crippen LogP contribution in [0.5, 0.6) is 0 Å². The average Bonchev–Trinajstić information content (AvgIpc) is 2.15. The van der Waals surface area contributed by atoms with Crippen LogP contribution in [0.2, 0.25) is 0 Å². The molecule has 0 saturated heterocycles. The van der Waals surface area contributed by atoms with Crippen LogP contribution in [0.15, 0.2) is 24.3 Å². The SMILES string of the molecule is Cc1ccc(C=CC#N)c(C(=O)O)c1. The summed E-state index contributed by atoms with van der Waals surface area (Å²) in [4.78, 5) is 10.8. The number of hydrogen-bond donors (Lipinski definition) is 1. The minimum Gasteiger partial charge on any atom is -0.478 e. The lowest BCUT2D eigenvalue weighted by molar-refractivity contribution is 0.0696. The Kier molecular flexibility index (Phi) is 3.03. The zero-order valence-corrected chi connectivity index (χ0v) is 7.69. The van der Waals surface area contributed by atoms with Gasteiger partial charge in [-0.2, -0.15) is 5.26 Å². The number of nitrogens with zero attached hydrogens (tertiary/aromatic N) is 1. The van der Waals surface area contributed by atoms with E-state index in [1.165, 1.54) is 12.2 Å². The van der Waals surface area contributed by atoms with E-state index in [1.54, 1.807) is 12.1 Å². The van der Waals surface area contributed by atoms with E-state index in [0.717, 1.165) is 5.56 Å². The van der Waals surface area contributed by atoms with Crippen molar-refractivity contribution in [2.24, 2.45) is 0 Å². The Morgan fingerprint density at radius 1 is 1.57 bits per heavy atom. The van der Waals surface area contributed by atoms with E-state index in [1.807, 2.05) is 19.1 Å². The van der Waals surface area contributed by atoms with Gasteiger partial charge in [0, 0.05) is 6.08 Å². The van der Waals surface area contributed by atoms with Gasteiger partial charge in [0.05, 0.1) is 11.6 Å². The van der Waals surface area contributed by atoms with E-state index in [9.17, 15) is 4.79 Å². The van der Waals surface area contributed by atoms with Gasteiger partial charge in [0.2, 0.25) is 0 Å². The molecule has 0 bridgehead atoms. The first-order valence-corrected chi connectivity index (χ1v) is 4.05. The Balaban J connectivity index is 3.23. The van der Waals surface area contributed by atoms with E-state index in [4.69, 9.17) is 10.4 Å². The number of carboxylic acids is 1. The molecule has 70 valence electrons. The molecule has 1 N–H and O–H groups in total. The fraction of sp³-hybridized carbons (Fsp3) is 0.0909. The number of aryl methyl sites for hydroxylation is 1. The molecule has 0 unspecified atom stereocenters. The summed E-state index contributed by atoms with van der Waals surface area (Å²) in [6.07, 6.45) is 2.75. The first-order valence-electron chi connectivity index (χ1n) is 4.05. The zero-order valence-electron chi connectivity index (χ0n) is 7.69. The van der Waals surface area contributed by atoms with Crippen molar-refractivity contribution in [1.82, 2.24) is 0 Å². The molecular weight excluding hydrogens is 178 g/mol. The monoisotopic (exact) mass is 187 g/mol. The number of rotatable bonds is 2. The van der Waals surface area contributed by atoms with Crippen LogP contribution in [-0.2, 0) is 0 Å². The minimum atomic E-state index is -0.980. The minimum absolute atomic E-state index is 0.219. The Labute approximate surface area is 81.9 Å². The molecule has 14 heavy (non-hydrogen) atoms. The summed E-state index contributed by atoms with van der Waals surface area (Å²) in [7, 11) is 0. The maximum atomic E-state index is 10.8. The van der Waals surface area contributed by atoms with E-state index in [0.29, 0.717) is 5.56 Å². The van der Waals surface area contributed by atoms with Crippen molar-refractivity contribution in [1.29, 1.82) is 5.26 Å². The maximum absolute atomic E-state index is 10.8. The van der Waals surface area contributed by atoms with Gasteiger partial charge in [0.25, 0.3) is 0 Å². The predicted molar refractivity (Wildman–Crippen MR) is 52.8 cm³/mol. The smallest absolute Gasteiger partial charge is 0.336 e. The van der Waals surface area contributed by atoms with Gasteiger partial charge >= 0.3 is 5.97 Å². The van der Waals surface area contributed by atoms with Crippen molar-refractivity contribution in [3.05, 3.63) is 41.0 Å². The first-order chi connectivity index (χ1) is 6.65. The molecular formula is C11H9NO2. The highest BCUT2D eigenvalue weighted by atomic mass is 16.4. The highest BCUT2D eigenvalue weighted by Gasteiger charge is 2.07. The fourth-order valence-electron chi connectivity index (χ4n) is 1.13. The lowest BCUT2D eigenvalue weighted by Crippen LogP contribution is -1.99. The molecule has 1 rings (SSSR count). The molecule has 0 aliphatic rings. The van der Waals surface area contributed by atoms with Crippen LogP contribution in [0.4, 0.5) is 0 Å². The largest absolute Gasteiger partial charge is 0.478 e. The van der Waals surface area contributed by atoms with Crippen molar-refractivity contribution in [2.75, 3.05) is 0 Å². The Morgan fingerprint density at radius 2 is 2.29 bits per heavy atom. The van der Waals surface area contributed by atoms with Gasteiger partial charge in [-0.15, -0.1) is 0 Å².